The zero-order chi connectivity index (χ0) is 12.5. The van der Waals surface area contributed by atoms with E-state index in [2.05, 4.69) is 0 Å². The molecule has 3 nitrogen and oxygen atoms in total. The number of aliphatic carboxylic acids is 1. The van der Waals surface area contributed by atoms with Gasteiger partial charge in [-0.25, -0.2) is 4.79 Å². The predicted molar refractivity (Wildman–Crippen MR) is 48.4 cm³/mol. The molecule has 1 aromatic carbocycles. The van der Waals surface area contributed by atoms with E-state index < -0.39 is 29.1 Å². The lowest BCUT2D eigenvalue weighted by Crippen LogP contribution is -2.15. The van der Waals surface area contributed by atoms with Crippen LogP contribution in [0.4, 0.5) is 13.2 Å². The SMILES string of the molecule is O=C(O)C(=O)c1cc(C(F)(F)F)ccc1Cl. The number of hydrogen-bond acceptors (Lipinski definition) is 2. The summed E-state index contributed by atoms with van der Waals surface area (Å²) >= 11 is 5.43. The first-order valence-electron chi connectivity index (χ1n) is 3.88. The van der Waals surface area contributed by atoms with E-state index in [-0.39, 0.29) is 5.02 Å². The molecule has 0 aliphatic heterocycles. The maximum atomic E-state index is 12.3. The van der Waals surface area contributed by atoms with Crippen molar-refractivity contribution >= 4 is 23.4 Å². The lowest BCUT2D eigenvalue weighted by molar-refractivity contribution is -0.137. The second-order valence-electron chi connectivity index (χ2n) is 2.83. The van der Waals surface area contributed by atoms with E-state index in [0.29, 0.717) is 12.1 Å². The molecule has 0 aliphatic rings. The van der Waals surface area contributed by atoms with Crippen molar-refractivity contribution < 1.29 is 27.9 Å². The molecule has 86 valence electrons. The molecule has 0 aromatic heterocycles. The van der Waals surface area contributed by atoms with Crippen LogP contribution in [0.3, 0.4) is 0 Å². The summed E-state index contributed by atoms with van der Waals surface area (Å²) in [6.07, 6.45) is -4.65. The van der Waals surface area contributed by atoms with Crippen LogP contribution in [0.1, 0.15) is 15.9 Å². The zero-order valence-corrected chi connectivity index (χ0v) is 8.26. The zero-order valence-electron chi connectivity index (χ0n) is 7.51. The van der Waals surface area contributed by atoms with Gasteiger partial charge in [0.2, 0.25) is 0 Å². The molecule has 1 N–H and O–H groups in total. The highest BCUT2D eigenvalue weighted by Gasteiger charge is 2.32. The number of carboxylic acids is 1. The molecule has 16 heavy (non-hydrogen) atoms. The Labute approximate surface area is 92.4 Å². The molecule has 1 rings (SSSR count). The summed E-state index contributed by atoms with van der Waals surface area (Å²) in [5, 5.41) is 8.03. The molecule has 0 unspecified atom stereocenters. The fourth-order valence-corrected chi connectivity index (χ4v) is 1.19. The van der Waals surface area contributed by atoms with E-state index in [1.165, 1.54) is 0 Å². The van der Waals surface area contributed by atoms with Gasteiger partial charge in [-0.15, -0.1) is 0 Å². The van der Waals surface area contributed by atoms with Gasteiger partial charge in [0.1, 0.15) is 0 Å². The van der Waals surface area contributed by atoms with Gasteiger partial charge in [0, 0.05) is 5.56 Å². The normalized spacial score (nSPS) is 11.2. The quantitative estimate of drug-likeness (QED) is 0.650. The molecule has 0 aliphatic carbocycles. The third-order valence-electron chi connectivity index (χ3n) is 1.73. The van der Waals surface area contributed by atoms with Gasteiger partial charge in [-0.3, -0.25) is 4.79 Å². The first-order chi connectivity index (χ1) is 7.23. The van der Waals surface area contributed by atoms with Gasteiger partial charge in [0.15, 0.2) is 0 Å². The van der Waals surface area contributed by atoms with Crippen LogP contribution in [0, 0.1) is 0 Å². The summed E-state index contributed by atoms with van der Waals surface area (Å²) < 4.78 is 36.8. The van der Waals surface area contributed by atoms with Crippen molar-refractivity contribution in [2.75, 3.05) is 0 Å². The van der Waals surface area contributed by atoms with Gasteiger partial charge in [-0.2, -0.15) is 13.2 Å². The van der Waals surface area contributed by atoms with Crippen LogP contribution < -0.4 is 0 Å². The number of carbonyl (C=O) groups is 2. The minimum atomic E-state index is -4.65. The molecule has 0 bridgehead atoms. The molecule has 0 heterocycles. The topological polar surface area (TPSA) is 54.4 Å². The maximum Gasteiger partial charge on any atom is 0.416 e. The molecule has 1 aromatic rings. The molecular formula is C9H4ClF3O3. The Bertz CT molecular complexity index is 454. The summed E-state index contributed by atoms with van der Waals surface area (Å²) in [6, 6.07) is 1.92. The first kappa shape index (κ1) is 12.5. The van der Waals surface area contributed by atoms with Crippen LogP contribution in [0.15, 0.2) is 18.2 Å². The second kappa shape index (κ2) is 4.13. The number of carboxylic acid groups (broad SMARTS) is 1. The van der Waals surface area contributed by atoms with Crippen LogP contribution in [0.5, 0.6) is 0 Å². The van der Waals surface area contributed by atoms with Gasteiger partial charge in [0.05, 0.1) is 10.6 Å². The minimum absolute atomic E-state index is 0.333. The average molecular weight is 253 g/mol. The summed E-state index contributed by atoms with van der Waals surface area (Å²) in [5.74, 6) is -3.34. The lowest BCUT2D eigenvalue weighted by atomic mass is 10.1. The van der Waals surface area contributed by atoms with E-state index in [4.69, 9.17) is 16.7 Å². The monoisotopic (exact) mass is 252 g/mol. The van der Waals surface area contributed by atoms with Gasteiger partial charge < -0.3 is 5.11 Å². The van der Waals surface area contributed by atoms with Gasteiger partial charge >= 0.3 is 12.1 Å². The highest BCUT2D eigenvalue weighted by Crippen LogP contribution is 2.31. The first-order valence-corrected chi connectivity index (χ1v) is 4.25. The third kappa shape index (κ3) is 2.52. The van der Waals surface area contributed by atoms with Crippen LogP contribution in [-0.2, 0) is 11.0 Å². The summed E-state index contributed by atoms with van der Waals surface area (Å²) in [6.45, 7) is 0. The van der Waals surface area contributed by atoms with Gasteiger partial charge in [-0.05, 0) is 18.2 Å². The van der Waals surface area contributed by atoms with E-state index >= 15 is 0 Å². The maximum absolute atomic E-state index is 12.3. The molecule has 0 atom stereocenters. The molecular weight excluding hydrogens is 249 g/mol. The molecule has 7 heteroatoms. The number of carbonyl (C=O) groups excluding carboxylic acids is 1. The number of Topliss-reactive ketones (excluding diaryl/α,β-unsaturated/α-hetero) is 1. The van der Waals surface area contributed by atoms with Crippen molar-refractivity contribution in [3.8, 4) is 0 Å². The largest absolute Gasteiger partial charge is 0.475 e. The van der Waals surface area contributed by atoms with Crippen LogP contribution in [0.25, 0.3) is 0 Å². The number of alkyl halides is 3. The van der Waals surface area contributed by atoms with E-state index in [1.54, 1.807) is 0 Å². The third-order valence-corrected chi connectivity index (χ3v) is 2.06. The van der Waals surface area contributed by atoms with Crippen LogP contribution in [-0.4, -0.2) is 16.9 Å². The van der Waals surface area contributed by atoms with Gasteiger partial charge in [0.25, 0.3) is 5.78 Å². The summed E-state index contributed by atoms with van der Waals surface area (Å²) in [7, 11) is 0. The molecule has 0 fully saturated rings. The van der Waals surface area contributed by atoms with Gasteiger partial charge in [-0.1, -0.05) is 11.6 Å². The Morgan fingerprint density at radius 1 is 1.25 bits per heavy atom. The average Bonchev–Trinajstić information content (AvgIpc) is 2.15. The highest BCUT2D eigenvalue weighted by atomic mass is 35.5. The fourth-order valence-electron chi connectivity index (χ4n) is 0.991. The molecule has 0 radical (unpaired) electrons. The number of benzene rings is 1. The van der Waals surface area contributed by atoms with E-state index in [0.717, 1.165) is 6.07 Å². The number of halogens is 4. The number of ketones is 1. The second-order valence-corrected chi connectivity index (χ2v) is 3.23. The molecule has 0 spiro atoms. The van der Waals surface area contributed by atoms with Crippen LogP contribution in [0.2, 0.25) is 5.02 Å². The number of rotatable bonds is 2. The van der Waals surface area contributed by atoms with E-state index in [9.17, 15) is 22.8 Å². The Balaban J connectivity index is 3.30. The Morgan fingerprint density at radius 3 is 2.25 bits per heavy atom. The fraction of sp³-hybridized carbons (Fsp3) is 0.111. The standard InChI is InChI=1S/C9H4ClF3O3/c10-6-2-1-4(9(11,12)13)3-5(6)7(14)8(15)16/h1-3H,(H,15,16). The summed E-state index contributed by atoms with van der Waals surface area (Å²) in [5.41, 5.74) is -1.80. The van der Waals surface area contributed by atoms with Crippen molar-refractivity contribution in [2.24, 2.45) is 0 Å². The molecule has 0 saturated carbocycles. The molecule has 0 amide bonds. The lowest BCUT2D eigenvalue weighted by Gasteiger charge is -2.08. The highest BCUT2D eigenvalue weighted by molar-refractivity contribution is 6.45. The van der Waals surface area contributed by atoms with Crippen molar-refractivity contribution in [1.29, 1.82) is 0 Å². The number of hydrogen-bond donors (Lipinski definition) is 1. The molecule has 0 saturated heterocycles. The van der Waals surface area contributed by atoms with Crippen molar-refractivity contribution in [1.82, 2.24) is 0 Å². The van der Waals surface area contributed by atoms with Crippen molar-refractivity contribution in [3.05, 3.63) is 34.3 Å². The Morgan fingerprint density at radius 2 is 1.81 bits per heavy atom. The van der Waals surface area contributed by atoms with Crippen molar-refractivity contribution in [3.63, 3.8) is 0 Å². The Kier molecular flexibility index (Phi) is 3.23. The van der Waals surface area contributed by atoms with Crippen LogP contribution >= 0.6 is 11.6 Å². The summed E-state index contributed by atoms with van der Waals surface area (Å²) in [4.78, 5) is 21.3. The predicted octanol–water partition coefficient (Wildman–Crippen LogP) is 2.63. The Hall–Kier alpha value is -1.56. The van der Waals surface area contributed by atoms with E-state index in [1.807, 2.05) is 0 Å². The minimum Gasteiger partial charge on any atom is -0.475 e. The smallest absolute Gasteiger partial charge is 0.416 e. The van der Waals surface area contributed by atoms with Crippen molar-refractivity contribution in [2.45, 2.75) is 6.18 Å².